The predicted molar refractivity (Wildman–Crippen MR) is 97.7 cm³/mol. The van der Waals surface area contributed by atoms with Gasteiger partial charge >= 0.3 is 6.18 Å². The van der Waals surface area contributed by atoms with E-state index in [-0.39, 0.29) is 11.7 Å². The lowest BCUT2D eigenvalue weighted by atomic mass is 9.73. The molecule has 0 unspecified atom stereocenters. The van der Waals surface area contributed by atoms with Gasteiger partial charge in [-0.3, -0.25) is 4.79 Å². The van der Waals surface area contributed by atoms with Gasteiger partial charge < -0.3 is 10.2 Å². The normalized spacial score (nSPS) is 16.0. The van der Waals surface area contributed by atoms with Gasteiger partial charge in [0, 0.05) is 24.7 Å². The first kappa shape index (κ1) is 19.5. The van der Waals surface area contributed by atoms with Crippen LogP contribution in [0.1, 0.15) is 18.2 Å². The van der Waals surface area contributed by atoms with Crippen molar-refractivity contribution in [3.05, 3.63) is 58.7 Å². The molecule has 1 amide bonds. The number of anilines is 1. The summed E-state index contributed by atoms with van der Waals surface area (Å²) in [6.07, 6.45) is -4.02. The standard InChI is InChI=1S/C19H19ClF3N3O/c1-2-24-17(27)18(10-13-6-8-14(20)9-7-13)11-26(12-18)16-5-3-4-15(25-16)19(21,22)23/h3-9H,2,10-12H2,1H3,(H,24,27). The minimum Gasteiger partial charge on any atom is -0.356 e. The third-order valence-corrected chi connectivity index (χ3v) is 4.86. The average Bonchev–Trinajstić information content (AvgIpc) is 2.59. The van der Waals surface area contributed by atoms with Crippen LogP contribution in [-0.2, 0) is 17.4 Å². The van der Waals surface area contributed by atoms with Gasteiger partial charge in [-0.25, -0.2) is 4.98 Å². The first-order valence-electron chi connectivity index (χ1n) is 8.55. The van der Waals surface area contributed by atoms with Crippen LogP contribution >= 0.6 is 11.6 Å². The van der Waals surface area contributed by atoms with Crippen molar-refractivity contribution >= 4 is 23.3 Å². The van der Waals surface area contributed by atoms with Gasteiger partial charge in [0.05, 0.1) is 5.41 Å². The lowest BCUT2D eigenvalue weighted by molar-refractivity contribution is -0.141. The van der Waals surface area contributed by atoms with Crippen molar-refractivity contribution in [1.29, 1.82) is 0 Å². The molecule has 0 aliphatic carbocycles. The van der Waals surface area contributed by atoms with Crippen molar-refractivity contribution in [3.63, 3.8) is 0 Å². The highest BCUT2D eigenvalue weighted by molar-refractivity contribution is 6.30. The Morgan fingerprint density at radius 3 is 2.48 bits per heavy atom. The summed E-state index contributed by atoms with van der Waals surface area (Å²) in [5.41, 5.74) is -0.699. The molecule has 0 bridgehead atoms. The van der Waals surface area contributed by atoms with E-state index in [4.69, 9.17) is 11.6 Å². The smallest absolute Gasteiger partial charge is 0.356 e. The number of carbonyl (C=O) groups excluding carboxylic acids is 1. The second-order valence-electron chi connectivity index (χ2n) is 6.68. The Kier molecular flexibility index (Phi) is 5.33. The fourth-order valence-electron chi connectivity index (χ4n) is 3.28. The van der Waals surface area contributed by atoms with E-state index in [1.807, 2.05) is 19.1 Å². The van der Waals surface area contributed by atoms with Crippen LogP contribution in [0.2, 0.25) is 5.02 Å². The molecule has 1 aliphatic heterocycles. The van der Waals surface area contributed by atoms with Gasteiger partial charge in [-0.2, -0.15) is 13.2 Å². The number of alkyl halides is 3. The molecule has 0 saturated carbocycles. The van der Waals surface area contributed by atoms with E-state index < -0.39 is 17.3 Å². The fraction of sp³-hybridized carbons (Fsp3) is 0.368. The third-order valence-electron chi connectivity index (χ3n) is 4.61. The molecule has 1 N–H and O–H groups in total. The van der Waals surface area contributed by atoms with Crippen LogP contribution in [0.3, 0.4) is 0 Å². The van der Waals surface area contributed by atoms with Crippen LogP contribution < -0.4 is 10.2 Å². The van der Waals surface area contributed by atoms with Crippen LogP contribution in [0, 0.1) is 5.41 Å². The molecule has 3 rings (SSSR count). The molecule has 1 saturated heterocycles. The van der Waals surface area contributed by atoms with Crippen LogP contribution in [-0.4, -0.2) is 30.5 Å². The second-order valence-corrected chi connectivity index (χ2v) is 7.11. The summed E-state index contributed by atoms with van der Waals surface area (Å²) in [5.74, 6) is 0.115. The minimum atomic E-state index is -4.50. The second kappa shape index (κ2) is 7.38. The number of nitrogens with one attached hydrogen (secondary N) is 1. The van der Waals surface area contributed by atoms with Gasteiger partial charge in [-0.15, -0.1) is 0 Å². The van der Waals surface area contributed by atoms with E-state index in [0.29, 0.717) is 31.1 Å². The highest BCUT2D eigenvalue weighted by Crippen LogP contribution is 2.38. The molecule has 1 aliphatic rings. The van der Waals surface area contributed by atoms with E-state index in [0.717, 1.165) is 11.6 Å². The van der Waals surface area contributed by atoms with E-state index in [9.17, 15) is 18.0 Å². The summed E-state index contributed by atoms with van der Waals surface area (Å²) in [6, 6.07) is 11.0. The molecular weight excluding hydrogens is 379 g/mol. The number of halogens is 4. The highest BCUT2D eigenvalue weighted by Gasteiger charge is 2.49. The Morgan fingerprint density at radius 2 is 1.89 bits per heavy atom. The van der Waals surface area contributed by atoms with Crippen molar-refractivity contribution < 1.29 is 18.0 Å². The molecular formula is C19H19ClF3N3O. The summed E-state index contributed by atoms with van der Waals surface area (Å²) in [6.45, 7) is 2.92. The van der Waals surface area contributed by atoms with Crippen LogP contribution in [0.25, 0.3) is 0 Å². The molecule has 0 atom stereocenters. The molecule has 144 valence electrons. The Hall–Kier alpha value is -2.28. The molecule has 2 aromatic rings. The number of benzene rings is 1. The summed E-state index contributed by atoms with van der Waals surface area (Å²) in [7, 11) is 0. The van der Waals surface area contributed by atoms with Gasteiger partial charge in [0.25, 0.3) is 0 Å². The predicted octanol–water partition coefficient (Wildman–Crippen LogP) is 3.94. The quantitative estimate of drug-likeness (QED) is 0.831. The largest absolute Gasteiger partial charge is 0.433 e. The number of aromatic nitrogens is 1. The monoisotopic (exact) mass is 397 g/mol. The molecule has 2 heterocycles. The zero-order valence-electron chi connectivity index (χ0n) is 14.7. The average molecular weight is 398 g/mol. The first-order chi connectivity index (χ1) is 12.7. The van der Waals surface area contributed by atoms with E-state index in [2.05, 4.69) is 10.3 Å². The van der Waals surface area contributed by atoms with Gasteiger partial charge in [0.15, 0.2) is 0 Å². The van der Waals surface area contributed by atoms with Crippen LogP contribution in [0.15, 0.2) is 42.5 Å². The number of pyridine rings is 1. The molecule has 8 heteroatoms. The molecule has 27 heavy (non-hydrogen) atoms. The summed E-state index contributed by atoms with van der Waals surface area (Å²) >= 11 is 5.91. The molecule has 0 spiro atoms. The maximum Gasteiger partial charge on any atom is 0.433 e. The van der Waals surface area contributed by atoms with Crippen molar-refractivity contribution in [1.82, 2.24) is 10.3 Å². The van der Waals surface area contributed by atoms with Crippen LogP contribution in [0.4, 0.5) is 19.0 Å². The van der Waals surface area contributed by atoms with E-state index >= 15 is 0 Å². The molecule has 1 aromatic heterocycles. The molecule has 1 aromatic carbocycles. The summed E-state index contributed by atoms with van der Waals surface area (Å²) < 4.78 is 38.7. The van der Waals surface area contributed by atoms with Crippen molar-refractivity contribution in [2.24, 2.45) is 5.41 Å². The number of hydrogen-bond acceptors (Lipinski definition) is 3. The molecule has 0 radical (unpaired) electrons. The summed E-state index contributed by atoms with van der Waals surface area (Å²) in [5, 5.41) is 3.44. The van der Waals surface area contributed by atoms with Crippen molar-refractivity contribution in [2.75, 3.05) is 24.5 Å². The van der Waals surface area contributed by atoms with Gasteiger partial charge in [-0.05, 0) is 43.2 Å². The Bertz CT molecular complexity index is 818. The van der Waals surface area contributed by atoms with Gasteiger partial charge in [0.2, 0.25) is 5.91 Å². The number of carbonyl (C=O) groups is 1. The minimum absolute atomic E-state index is 0.108. The molecule has 1 fully saturated rings. The number of amides is 1. The summed E-state index contributed by atoms with van der Waals surface area (Å²) in [4.78, 5) is 18.1. The number of rotatable bonds is 5. The third kappa shape index (κ3) is 4.18. The maximum absolute atomic E-state index is 12.9. The molecule has 4 nitrogen and oxygen atoms in total. The zero-order valence-corrected chi connectivity index (χ0v) is 15.4. The van der Waals surface area contributed by atoms with Gasteiger partial charge in [-0.1, -0.05) is 29.8 Å². The highest BCUT2D eigenvalue weighted by atomic mass is 35.5. The topological polar surface area (TPSA) is 45.2 Å². The maximum atomic E-state index is 12.9. The Balaban J connectivity index is 1.80. The lowest BCUT2D eigenvalue weighted by Crippen LogP contribution is -2.64. The van der Waals surface area contributed by atoms with E-state index in [1.54, 1.807) is 17.0 Å². The van der Waals surface area contributed by atoms with Crippen LogP contribution in [0.5, 0.6) is 0 Å². The van der Waals surface area contributed by atoms with Crippen molar-refractivity contribution in [2.45, 2.75) is 19.5 Å². The Labute approximate surface area is 160 Å². The number of hydrogen-bond donors (Lipinski definition) is 1. The Morgan fingerprint density at radius 1 is 1.22 bits per heavy atom. The number of nitrogens with zero attached hydrogens (tertiary/aromatic N) is 2. The van der Waals surface area contributed by atoms with E-state index in [1.165, 1.54) is 12.1 Å². The lowest BCUT2D eigenvalue weighted by Gasteiger charge is -2.49. The first-order valence-corrected chi connectivity index (χ1v) is 8.93. The zero-order chi connectivity index (χ0) is 19.7. The SMILES string of the molecule is CCNC(=O)C1(Cc2ccc(Cl)cc2)CN(c2cccc(C(F)(F)F)n2)C1. The van der Waals surface area contributed by atoms with Gasteiger partial charge in [0.1, 0.15) is 11.5 Å². The van der Waals surface area contributed by atoms with Crippen molar-refractivity contribution in [3.8, 4) is 0 Å². The fourth-order valence-corrected chi connectivity index (χ4v) is 3.41.